The summed E-state index contributed by atoms with van der Waals surface area (Å²) < 4.78 is 2.37. The average Bonchev–Trinajstić information content (AvgIpc) is 3.52. The minimum absolute atomic E-state index is 0.182. The smallest absolute Gasteiger partial charge is 0.0541 e. The van der Waals surface area contributed by atoms with Crippen molar-refractivity contribution >= 4 is 33.2 Å². The lowest BCUT2D eigenvalue weighted by Gasteiger charge is -2.23. The van der Waals surface area contributed by atoms with Crippen molar-refractivity contribution in [1.82, 2.24) is 4.57 Å². The number of hydrogen-bond acceptors (Lipinski definition) is 1. The van der Waals surface area contributed by atoms with E-state index in [4.69, 9.17) is 0 Å². The van der Waals surface area contributed by atoms with Crippen LogP contribution in [0.3, 0.4) is 0 Å². The van der Waals surface area contributed by atoms with Gasteiger partial charge < -0.3 is 9.47 Å². The summed E-state index contributed by atoms with van der Waals surface area (Å²) in [5.41, 5.74) is 11.8. The second-order valence-corrected chi connectivity index (χ2v) is 11.5. The molecule has 0 saturated heterocycles. The Morgan fingerprint density at radius 1 is 0.579 bits per heavy atom. The van der Waals surface area contributed by atoms with Crippen molar-refractivity contribution in [1.29, 1.82) is 0 Å². The fourth-order valence-corrected chi connectivity index (χ4v) is 5.97. The molecule has 0 amide bonds. The highest BCUT2D eigenvalue weighted by atomic mass is 15.2. The van der Waals surface area contributed by atoms with E-state index in [0.29, 0.717) is 0 Å². The monoisotopic (exact) mass is 492 g/mol. The van der Waals surface area contributed by atoms with Crippen molar-refractivity contribution in [2.75, 3.05) is 11.4 Å². The number of fused-ring (bicyclic) bond motifs is 4. The molecule has 0 bridgehead atoms. The molecule has 2 nitrogen and oxygen atoms in total. The number of hydrogen-bond donors (Lipinski definition) is 0. The third-order valence-corrected chi connectivity index (χ3v) is 8.06. The molecule has 0 fully saturated rings. The molecule has 2 heterocycles. The molecule has 0 N–H and O–H groups in total. The molecule has 5 aromatic carbocycles. The van der Waals surface area contributed by atoms with Gasteiger partial charge in [-0.15, -0.1) is 0 Å². The second-order valence-electron chi connectivity index (χ2n) is 11.5. The summed E-state index contributed by atoms with van der Waals surface area (Å²) in [7, 11) is 0. The van der Waals surface area contributed by atoms with Gasteiger partial charge in [-0.25, -0.2) is 0 Å². The van der Waals surface area contributed by atoms with Gasteiger partial charge in [-0.1, -0.05) is 93.6 Å². The summed E-state index contributed by atoms with van der Waals surface area (Å²) in [5.74, 6) is 0. The lowest BCUT2D eigenvalue weighted by Crippen LogP contribution is -2.13. The van der Waals surface area contributed by atoms with Crippen LogP contribution < -0.4 is 4.90 Å². The molecule has 1 aliphatic heterocycles. The van der Waals surface area contributed by atoms with Crippen LogP contribution in [0.25, 0.3) is 38.6 Å². The van der Waals surface area contributed by atoms with Gasteiger partial charge in [0.15, 0.2) is 0 Å². The molecular formula is C36H32N2. The van der Waals surface area contributed by atoms with Crippen LogP contribution >= 0.6 is 0 Å². The zero-order valence-electron chi connectivity index (χ0n) is 22.3. The standard InChI is InChI=1S/C36H32N2/c1-36(2,3)28-16-21-33-27(24-28)22-23-37(33)29-17-12-25(13-18-29)26-14-19-30(20-15-26)38-34-10-6-4-8-31(34)32-9-5-7-11-35(32)38/h4-21,24H,22-23H2,1-3H3. The third-order valence-electron chi connectivity index (χ3n) is 8.06. The highest BCUT2D eigenvalue weighted by Gasteiger charge is 2.23. The van der Waals surface area contributed by atoms with Crippen LogP contribution in [-0.4, -0.2) is 11.1 Å². The maximum absolute atomic E-state index is 2.46. The van der Waals surface area contributed by atoms with E-state index >= 15 is 0 Å². The zero-order valence-corrected chi connectivity index (χ0v) is 22.3. The van der Waals surface area contributed by atoms with Gasteiger partial charge in [-0.2, -0.15) is 0 Å². The van der Waals surface area contributed by atoms with Crippen LogP contribution in [0.15, 0.2) is 115 Å². The molecule has 2 heteroatoms. The van der Waals surface area contributed by atoms with E-state index in [1.54, 1.807) is 0 Å². The first kappa shape index (κ1) is 22.9. The predicted molar refractivity (Wildman–Crippen MR) is 162 cm³/mol. The van der Waals surface area contributed by atoms with Crippen molar-refractivity contribution in [2.24, 2.45) is 0 Å². The molecule has 0 radical (unpaired) electrons. The van der Waals surface area contributed by atoms with Gasteiger partial charge in [0, 0.05) is 34.4 Å². The van der Waals surface area contributed by atoms with Gasteiger partial charge >= 0.3 is 0 Å². The minimum Gasteiger partial charge on any atom is -0.341 e. The van der Waals surface area contributed by atoms with Gasteiger partial charge in [-0.3, -0.25) is 0 Å². The third kappa shape index (κ3) is 3.71. The van der Waals surface area contributed by atoms with Crippen molar-refractivity contribution in [3.05, 3.63) is 126 Å². The Hall–Kier alpha value is -4.30. The summed E-state index contributed by atoms with van der Waals surface area (Å²) in [6, 6.07) is 42.4. The van der Waals surface area contributed by atoms with E-state index in [9.17, 15) is 0 Å². The van der Waals surface area contributed by atoms with E-state index < -0.39 is 0 Å². The Balaban J connectivity index is 1.18. The van der Waals surface area contributed by atoms with Crippen molar-refractivity contribution in [2.45, 2.75) is 32.6 Å². The van der Waals surface area contributed by atoms with Crippen molar-refractivity contribution in [3.8, 4) is 16.8 Å². The fraction of sp³-hybridized carbons (Fsp3) is 0.167. The maximum Gasteiger partial charge on any atom is 0.0541 e. The highest BCUT2D eigenvalue weighted by Crippen LogP contribution is 2.38. The first-order chi connectivity index (χ1) is 18.5. The first-order valence-corrected chi connectivity index (χ1v) is 13.6. The molecule has 0 saturated carbocycles. The zero-order chi connectivity index (χ0) is 25.9. The number of anilines is 2. The molecule has 0 aliphatic carbocycles. The molecular weight excluding hydrogens is 460 g/mol. The van der Waals surface area contributed by atoms with E-state index in [1.165, 1.54) is 61.1 Å². The molecule has 0 spiro atoms. The van der Waals surface area contributed by atoms with Gasteiger partial charge in [0.05, 0.1) is 11.0 Å². The topological polar surface area (TPSA) is 8.17 Å². The largest absolute Gasteiger partial charge is 0.341 e. The Bertz CT molecular complexity index is 1730. The quantitative estimate of drug-likeness (QED) is 0.239. The summed E-state index contributed by atoms with van der Waals surface area (Å²) >= 11 is 0. The Morgan fingerprint density at radius 2 is 1.13 bits per heavy atom. The lowest BCUT2D eigenvalue weighted by atomic mass is 9.86. The summed E-state index contributed by atoms with van der Waals surface area (Å²) in [6.07, 6.45) is 1.10. The fourth-order valence-electron chi connectivity index (χ4n) is 5.97. The Kier molecular flexibility index (Phi) is 5.19. The first-order valence-electron chi connectivity index (χ1n) is 13.6. The Labute approximate surface area is 224 Å². The van der Waals surface area contributed by atoms with Crippen LogP contribution in [0, 0.1) is 0 Å². The molecule has 1 aliphatic rings. The normalized spacial score (nSPS) is 13.4. The molecule has 0 unspecified atom stereocenters. The van der Waals surface area contributed by atoms with E-state index in [0.717, 1.165) is 13.0 Å². The summed E-state index contributed by atoms with van der Waals surface area (Å²) in [4.78, 5) is 2.46. The van der Waals surface area contributed by atoms with E-state index in [-0.39, 0.29) is 5.41 Å². The van der Waals surface area contributed by atoms with Gasteiger partial charge in [0.1, 0.15) is 0 Å². The average molecular weight is 493 g/mol. The van der Waals surface area contributed by atoms with Crippen LogP contribution in [0.4, 0.5) is 11.4 Å². The van der Waals surface area contributed by atoms with Gasteiger partial charge in [0.25, 0.3) is 0 Å². The second kappa shape index (κ2) is 8.63. The van der Waals surface area contributed by atoms with Crippen molar-refractivity contribution in [3.63, 3.8) is 0 Å². The summed E-state index contributed by atoms with van der Waals surface area (Å²) in [5, 5.41) is 2.58. The number of benzene rings is 5. The number of aromatic nitrogens is 1. The van der Waals surface area contributed by atoms with Gasteiger partial charge in [0.2, 0.25) is 0 Å². The number of rotatable bonds is 3. The van der Waals surface area contributed by atoms with E-state index in [2.05, 4.69) is 145 Å². The number of para-hydroxylation sites is 2. The molecule has 1 aromatic heterocycles. The molecule has 7 rings (SSSR count). The van der Waals surface area contributed by atoms with E-state index in [1.807, 2.05) is 0 Å². The van der Waals surface area contributed by atoms with Gasteiger partial charge in [-0.05, 0) is 76.6 Å². The molecule has 38 heavy (non-hydrogen) atoms. The highest BCUT2D eigenvalue weighted by molar-refractivity contribution is 6.09. The van der Waals surface area contributed by atoms with Crippen LogP contribution in [0.2, 0.25) is 0 Å². The Morgan fingerprint density at radius 3 is 1.71 bits per heavy atom. The lowest BCUT2D eigenvalue weighted by molar-refractivity contribution is 0.590. The summed E-state index contributed by atoms with van der Waals surface area (Å²) in [6.45, 7) is 7.90. The van der Waals surface area contributed by atoms with Crippen molar-refractivity contribution < 1.29 is 0 Å². The van der Waals surface area contributed by atoms with Crippen LogP contribution in [-0.2, 0) is 11.8 Å². The number of nitrogens with zero attached hydrogens (tertiary/aromatic N) is 2. The molecule has 0 atom stereocenters. The minimum atomic E-state index is 0.182. The van der Waals surface area contributed by atoms with Crippen LogP contribution in [0.1, 0.15) is 31.9 Å². The van der Waals surface area contributed by atoms with Crippen LogP contribution in [0.5, 0.6) is 0 Å². The predicted octanol–water partition coefficient (Wildman–Crippen LogP) is 9.44. The SMILES string of the molecule is CC(C)(C)c1ccc2c(c1)CCN2c1ccc(-c2ccc(-n3c4ccccc4c4ccccc43)cc2)cc1. The molecule has 186 valence electrons. The molecule has 6 aromatic rings. The maximum atomic E-state index is 2.46.